The van der Waals surface area contributed by atoms with E-state index in [4.69, 9.17) is 16.6 Å². The fourth-order valence-corrected chi connectivity index (χ4v) is 8.58. The number of hydrogen-bond donors (Lipinski definition) is 9. The van der Waals surface area contributed by atoms with Crippen LogP contribution in [0, 0.1) is 17.8 Å². The summed E-state index contributed by atoms with van der Waals surface area (Å²) in [7, 11) is 0. The maximum absolute atomic E-state index is 14.2. The SMILES string of the molecule is CC[C@H](C)[C@H](NC(=O)[C@@H]1CCCN1C(=O)[C@H](CC(C)C)NC(=O)[C@@H]1CCCN1C(=O)[C@@H](N)CCC(=O)O)C(=O)NCC(=O)N[C@@H](CC(C)C)C(=O)N[C@@H](Cc1c[nH]c2ccccc12)C(N)=O. The minimum absolute atomic E-state index is 0.0453. The predicted molar refractivity (Wildman–Crippen MR) is 245 cm³/mol. The molecule has 2 aromatic rings. The number of carboxylic acids is 1. The number of nitrogens with two attached hydrogens (primary N) is 2. The fraction of sp³-hybridized carbons (Fsp3) is 0.630. The van der Waals surface area contributed by atoms with E-state index in [0.717, 1.165) is 16.5 Å². The van der Waals surface area contributed by atoms with E-state index in [1.165, 1.54) is 9.80 Å². The smallest absolute Gasteiger partial charge is 0.303 e. The van der Waals surface area contributed by atoms with Crippen LogP contribution in [-0.2, 0) is 49.6 Å². The molecule has 20 nitrogen and oxygen atoms in total. The van der Waals surface area contributed by atoms with Crippen LogP contribution in [-0.4, -0.2) is 135 Å². The van der Waals surface area contributed by atoms with Crippen LogP contribution in [0.25, 0.3) is 10.9 Å². The Morgan fingerprint density at radius 1 is 0.773 bits per heavy atom. The summed E-state index contributed by atoms with van der Waals surface area (Å²) in [4.78, 5) is 125. The van der Waals surface area contributed by atoms with Gasteiger partial charge in [-0.15, -0.1) is 0 Å². The minimum Gasteiger partial charge on any atom is -0.481 e. The van der Waals surface area contributed by atoms with Crippen molar-refractivity contribution < 1.29 is 48.3 Å². The zero-order valence-corrected chi connectivity index (χ0v) is 39.0. The third-order valence-electron chi connectivity index (χ3n) is 12.3. The molecule has 0 saturated carbocycles. The number of carboxylic acid groups (broad SMARTS) is 1. The lowest BCUT2D eigenvalue weighted by Gasteiger charge is -2.32. The van der Waals surface area contributed by atoms with E-state index in [9.17, 15) is 43.2 Å². The molecule has 2 fully saturated rings. The van der Waals surface area contributed by atoms with E-state index >= 15 is 0 Å². The topological polar surface area (TPSA) is 308 Å². The monoisotopic (exact) mass is 923 g/mol. The summed E-state index contributed by atoms with van der Waals surface area (Å²) >= 11 is 0. The van der Waals surface area contributed by atoms with Gasteiger partial charge in [-0.2, -0.15) is 0 Å². The summed E-state index contributed by atoms with van der Waals surface area (Å²) in [6.45, 7) is 11.1. The number of para-hydroxylation sites is 1. The molecule has 20 heteroatoms. The van der Waals surface area contributed by atoms with Gasteiger partial charge in [-0.1, -0.05) is 66.2 Å². The first kappa shape index (κ1) is 52.6. The number of fused-ring (bicyclic) bond motifs is 1. The fourth-order valence-electron chi connectivity index (χ4n) is 8.58. The second-order valence-electron chi connectivity index (χ2n) is 18.5. The molecule has 1 aromatic carbocycles. The second kappa shape index (κ2) is 24.5. The van der Waals surface area contributed by atoms with Gasteiger partial charge in [-0.3, -0.25) is 43.2 Å². The van der Waals surface area contributed by atoms with Crippen LogP contribution in [0.5, 0.6) is 0 Å². The molecule has 2 aliphatic rings. The number of nitrogens with one attached hydrogen (secondary N) is 6. The summed E-state index contributed by atoms with van der Waals surface area (Å²) in [6.07, 6.45) is 4.05. The third kappa shape index (κ3) is 14.5. The summed E-state index contributed by atoms with van der Waals surface area (Å²) in [6, 6.07) is 0.282. The van der Waals surface area contributed by atoms with E-state index < -0.39 is 108 Å². The Morgan fingerprint density at radius 3 is 1.95 bits per heavy atom. The molecule has 0 bridgehead atoms. The highest BCUT2D eigenvalue weighted by Crippen LogP contribution is 2.24. The second-order valence-corrected chi connectivity index (χ2v) is 18.5. The molecule has 0 spiro atoms. The Morgan fingerprint density at radius 2 is 1.36 bits per heavy atom. The lowest BCUT2D eigenvalue weighted by atomic mass is 9.97. The minimum atomic E-state index is -1.10. The van der Waals surface area contributed by atoms with Crippen LogP contribution in [0.1, 0.15) is 105 Å². The van der Waals surface area contributed by atoms with E-state index in [2.05, 4.69) is 31.6 Å². The summed E-state index contributed by atoms with van der Waals surface area (Å²) in [5.74, 6) is -6.42. The predicted octanol–water partition coefficient (Wildman–Crippen LogP) is 0.564. The van der Waals surface area contributed by atoms with Crippen molar-refractivity contribution in [1.29, 1.82) is 0 Å². The first-order valence-electron chi connectivity index (χ1n) is 23.1. The molecule has 0 radical (unpaired) electrons. The van der Waals surface area contributed by atoms with Crippen molar-refractivity contribution in [3.63, 3.8) is 0 Å². The molecule has 364 valence electrons. The molecule has 2 saturated heterocycles. The number of carbonyl (C=O) groups is 9. The van der Waals surface area contributed by atoms with Gasteiger partial charge in [0.25, 0.3) is 0 Å². The highest BCUT2D eigenvalue weighted by Gasteiger charge is 2.42. The van der Waals surface area contributed by atoms with Crippen LogP contribution >= 0.6 is 0 Å². The maximum atomic E-state index is 14.2. The normalized spacial score (nSPS) is 18.8. The van der Waals surface area contributed by atoms with Crippen molar-refractivity contribution in [3.05, 3.63) is 36.0 Å². The van der Waals surface area contributed by atoms with Gasteiger partial charge in [0.15, 0.2) is 0 Å². The van der Waals surface area contributed by atoms with E-state index in [1.807, 2.05) is 58.9 Å². The first-order valence-corrected chi connectivity index (χ1v) is 23.1. The standard InChI is InChI=1S/C46H70N10O10/c1-7-27(6)39(44(64)50-24-37(57)51-33(20-25(2)3)41(61)52-32(40(48)60)22-28-23-49-31-13-9-8-12-29(28)31)54-43(63)36-15-11-19-56(36)46(66)34(21-26(4)5)53-42(62)35-14-10-18-55(35)45(65)30(47)16-17-38(58)59/h8-9,12-13,23,25-27,30,32-36,39,49H,7,10-11,14-22,24,47H2,1-6H3,(H2,48,60)(H,50,64)(H,51,57)(H,52,61)(H,53,62)(H,54,63)(H,58,59)/t27-,30-,32-,33-,34-,35-,36-,39-/m0/s1. The zero-order valence-electron chi connectivity index (χ0n) is 39.0. The van der Waals surface area contributed by atoms with Crippen LogP contribution in [0.2, 0.25) is 0 Å². The van der Waals surface area contributed by atoms with Crippen molar-refractivity contribution in [3.8, 4) is 0 Å². The Hall–Kier alpha value is -6.05. The molecule has 8 amide bonds. The molecule has 0 unspecified atom stereocenters. The number of aliphatic carboxylic acids is 1. The number of H-pyrrole nitrogens is 1. The van der Waals surface area contributed by atoms with Crippen LogP contribution in [0.3, 0.4) is 0 Å². The first-order chi connectivity index (χ1) is 31.2. The number of aromatic amines is 1. The number of primary amides is 1. The molecule has 66 heavy (non-hydrogen) atoms. The number of rotatable bonds is 24. The number of hydrogen-bond acceptors (Lipinski definition) is 10. The molecule has 4 rings (SSSR count). The molecular formula is C46H70N10O10. The van der Waals surface area contributed by atoms with Gasteiger partial charge < -0.3 is 57.9 Å². The van der Waals surface area contributed by atoms with Gasteiger partial charge in [-0.25, -0.2) is 0 Å². The molecule has 0 aliphatic carbocycles. The van der Waals surface area contributed by atoms with Crippen molar-refractivity contribution in [2.45, 2.75) is 148 Å². The molecule has 3 heterocycles. The highest BCUT2D eigenvalue weighted by molar-refractivity contribution is 5.98. The van der Waals surface area contributed by atoms with Gasteiger partial charge in [0, 0.05) is 43.0 Å². The molecular weight excluding hydrogens is 853 g/mol. The summed E-state index contributed by atoms with van der Waals surface area (Å²) in [5, 5.41) is 23.5. The van der Waals surface area contributed by atoms with Gasteiger partial charge >= 0.3 is 5.97 Å². The van der Waals surface area contributed by atoms with Crippen LogP contribution in [0.4, 0.5) is 0 Å². The van der Waals surface area contributed by atoms with Crippen molar-refractivity contribution in [2.75, 3.05) is 19.6 Å². The quantitative estimate of drug-likeness (QED) is 0.0701. The lowest BCUT2D eigenvalue weighted by Crippen LogP contribution is -2.59. The molecule has 8 atom stereocenters. The maximum Gasteiger partial charge on any atom is 0.303 e. The Balaban J connectivity index is 1.38. The van der Waals surface area contributed by atoms with Crippen molar-refractivity contribution >= 4 is 64.1 Å². The largest absolute Gasteiger partial charge is 0.481 e. The van der Waals surface area contributed by atoms with Gasteiger partial charge in [-0.05, 0) is 74.3 Å². The zero-order chi connectivity index (χ0) is 48.8. The van der Waals surface area contributed by atoms with E-state index in [0.29, 0.717) is 32.1 Å². The Labute approximate surface area is 385 Å². The van der Waals surface area contributed by atoms with Gasteiger partial charge in [0.2, 0.25) is 47.3 Å². The number of nitrogens with zero attached hydrogens (tertiary/aromatic N) is 2. The van der Waals surface area contributed by atoms with E-state index in [-0.39, 0.29) is 57.0 Å². The lowest BCUT2D eigenvalue weighted by molar-refractivity contribution is -0.144. The summed E-state index contributed by atoms with van der Waals surface area (Å²) < 4.78 is 0. The Kier molecular flexibility index (Phi) is 19.5. The number of amides is 8. The number of carbonyl (C=O) groups excluding carboxylic acids is 8. The van der Waals surface area contributed by atoms with Gasteiger partial charge in [0.1, 0.15) is 36.3 Å². The van der Waals surface area contributed by atoms with Crippen LogP contribution in [0.15, 0.2) is 30.5 Å². The summed E-state index contributed by atoms with van der Waals surface area (Å²) in [5.41, 5.74) is 13.3. The molecule has 2 aliphatic heterocycles. The number of benzene rings is 1. The average molecular weight is 923 g/mol. The van der Waals surface area contributed by atoms with Crippen molar-refractivity contribution in [2.24, 2.45) is 29.2 Å². The van der Waals surface area contributed by atoms with E-state index in [1.54, 1.807) is 13.1 Å². The molecule has 11 N–H and O–H groups in total. The average Bonchev–Trinajstić information content (AvgIpc) is 4.06. The highest BCUT2D eigenvalue weighted by atomic mass is 16.4. The van der Waals surface area contributed by atoms with Crippen molar-refractivity contribution in [1.82, 2.24) is 41.4 Å². The van der Waals surface area contributed by atoms with Gasteiger partial charge in [0.05, 0.1) is 12.6 Å². The molecule has 1 aromatic heterocycles. The van der Waals surface area contributed by atoms with Crippen LogP contribution < -0.4 is 38.1 Å². The third-order valence-corrected chi connectivity index (χ3v) is 12.3. The number of likely N-dealkylation sites (tertiary alicyclic amines) is 2. The Bertz CT molecular complexity index is 2070. The number of aromatic nitrogens is 1.